The van der Waals surface area contributed by atoms with E-state index in [2.05, 4.69) is 11.9 Å². The van der Waals surface area contributed by atoms with Gasteiger partial charge in [-0.1, -0.05) is 24.9 Å². The normalized spacial score (nSPS) is 10.6. The van der Waals surface area contributed by atoms with E-state index >= 15 is 0 Å². The predicted octanol–water partition coefficient (Wildman–Crippen LogP) is 2.04. The molecule has 1 rings (SSSR count). The van der Waals surface area contributed by atoms with Gasteiger partial charge in [-0.15, -0.1) is 0 Å². The second-order valence-corrected chi connectivity index (χ2v) is 3.83. The van der Waals surface area contributed by atoms with Gasteiger partial charge in [-0.2, -0.15) is 0 Å². The monoisotopic (exact) mass is 230 g/mol. The Hall–Kier alpha value is -1.03. The van der Waals surface area contributed by atoms with E-state index in [0.29, 0.717) is 11.6 Å². The van der Waals surface area contributed by atoms with Crippen LogP contribution < -0.4 is 0 Å². The molecule has 0 saturated heterocycles. The number of carboxylic acid groups (broad SMARTS) is 1. The van der Waals surface area contributed by atoms with Gasteiger partial charge in [-0.05, 0) is 6.42 Å². The van der Waals surface area contributed by atoms with Crippen LogP contribution in [0.1, 0.15) is 31.3 Å². The fourth-order valence-electron chi connectivity index (χ4n) is 1.50. The van der Waals surface area contributed by atoms with Crippen LogP contribution in [0.3, 0.4) is 0 Å². The number of carboxylic acids is 1. The third kappa shape index (κ3) is 2.96. The second kappa shape index (κ2) is 5.16. The van der Waals surface area contributed by atoms with E-state index in [0.717, 1.165) is 24.4 Å². The highest BCUT2D eigenvalue weighted by molar-refractivity contribution is 6.30. The number of imidazole rings is 1. The molecule has 0 fully saturated rings. The molecule has 0 spiro atoms. The van der Waals surface area contributed by atoms with Crippen molar-refractivity contribution < 1.29 is 9.90 Å². The van der Waals surface area contributed by atoms with Crippen molar-refractivity contribution in [2.24, 2.45) is 7.05 Å². The Bertz CT molecular complexity index is 361. The van der Waals surface area contributed by atoms with Crippen LogP contribution in [-0.2, 0) is 24.7 Å². The average molecular weight is 231 g/mol. The maximum atomic E-state index is 10.4. The second-order valence-electron chi connectivity index (χ2n) is 3.47. The highest BCUT2D eigenvalue weighted by atomic mass is 35.5. The van der Waals surface area contributed by atoms with Crippen molar-refractivity contribution in [1.29, 1.82) is 0 Å². The first-order chi connectivity index (χ1) is 7.06. The van der Waals surface area contributed by atoms with Crippen LogP contribution in [0.25, 0.3) is 0 Å². The third-order valence-electron chi connectivity index (χ3n) is 2.31. The summed E-state index contributed by atoms with van der Waals surface area (Å²) in [4.78, 5) is 14.6. The quantitative estimate of drug-likeness (QED) is 0.842. The summed E-state index contributed by atoms with van der Waals surface area (Å²) >= 11 is 5.96. The lowest BCUT2D eigenvalue weighted by molar-refractivity contribution is -0.137. The van der Waals surface area contributed by atoms with E-state index in [1.807, 2.05) is 11.6 Å². The van der Waals surface area contributed by atoms with Crippen LogP contribution in [0.4, 0.5) is 0 Å². The Morgan fingerprint density at radius 3 is 2.73 bits per heavy atom. The number of halogens is 1. The van der Waals surface area contributed by atoms with Gasteiger partial charge in [0.15, 0.2) is 5.15 Å². The Kier molecular flexibility index (Phi) is 4.15. The van der Waals surface area contributed by atoms with Crippen molar-refractivity contribution in [3.63, 3.8) is 0 Å². The zero-order chi connectivity index (χ0) is 11.4. The van der Waals surface area contributed by atoms with Crippen LogP contribution in [0.5, 0.6) is 0 Å². The standard InChI is InChI=1S/C10H15ClN2O2/c1-3-4-7-10(11)12-8(13(7)2)5-6-9(14)15/h3-6H2,1-2H3,(H,14,15). The van der Waals surface area contributed by atoms with Crippen molar-refractivity contribution in [1.82, 2.24) is 9.55 Å². The van der Waals surface area contributed by atoms with Crippen LogP contribution in [-0.4, -0.2) is 20.6 Å². The first-order valence-electron chi connectivity index (χ1n) is 4.98. The minimum absolute atomic E-state index is 0.0900. The number of nitrogens with zero attached hydrogens (tertiary/aromatic N) is 2. The first-order valence-corrected chi connectivity index (χ1v) is 5.35. The van der Waals surface area contributed by atoms with Crippen LogP contribution in [0, 0.1) is 0 Å². The van der Waals surface area contributed by atoms with Gasteiger partial charge in [0.05, 0.1) is 12.1 Å². The highest BCUT2D eigenvalue weighted by Gasteiger charge is 2.12. The van der Waals surface area contributed by atoms with Gasteiger partial charge in [0, 0.05) is 13.5 Å². The number of hydrogen-bond donors (Lipinski definition) is 1. The van der Waals surface area contributed by atoms with Gasteiger partial charge in [-0.3, -0.25) is 4.79 Å². The molecule has 5 heteroatoms. The minimum atomic E-state index is -0.814. The number of aryl methyl sites for hydroxylation is 1. The van der Waals surface area contributed by atoms with E-state index in [9.17, 15) is 4.79 Å². The van der Waals surface area contributed by atoms with Gasteiger partial charge in [0.2, 0.25) is 0 Å². The molecule has 1 N–H and O–H groups in total. The minimum Gasteiger partial charge on any atom is -0.481 e. The molecule has 1 aromatic heterocycles. The van der Waals surface area contributed by atoms with Crippen molar-refractivity contribution >= 4 is 17.6 Å². The molecule has 4 nitrogen and oxygen atoms in total. The molecule has 0 bridgehead atoms. The van der Waals surface area contributed by atoms with E-state index in [1.165, 1.54) is 0 Å². The number of rotatable bonds is 5. The Balaban J connectivity index is 2.81. The number of aromatic nitrogens is 2. The fraction of sp³-hybridized carbons (Fsp3) is 0.600. The number of hydrogen-bond acceptors (Lipinski definition) is 2. The number of aliphatic carboxylic acids is 1. The van der Waals surface area contributed by atoms with Crippen molar-refractivity contribution in [3.05, 3.63) is 16.7 Å². The zero-order valence-corrected chi connectivity index (χ0v) is 9.71. The van der Waals surface area contributed by atoms with E-state index < -0.39 is 5.97 Å². The topological polar surface area (TPSA) is 55.1 Å². The van der Waals surface area contributed by atoms with Crippen molar-refractivity contribution in [2.45, 2.75) is 32.6 Å². The average Bonchev–Trinajstić information content (AvgIpc) is 2.43. The van der Waals surface area contributed by atoms with E-state index in [1.54, 1.807) is 0 Å². The molecule has 15 heavy (non-hydrogen) atoms. The molecular formula is C10H15ClN2O2. The molecule has 0 radical (unpaired) electrons. The fourth-order valence-corrected chi connectivity index (χ4v) is 1.82. The van der Waals surface area contributed by atoms with Gasteiger partial charge < -0.3 is 9.67 Å². The highest BCUT2D eigenvalue weighted by Crippen LogP contribution is 2.18. The molecule has 0 saturated carbocycles. The van der Waals surface area contributed by atoms with Gasteiger partial charge in [-0.25, -0.2) is 4.98 Å². The van der Waals surface area contributed by atoms with Gasteiger partial charge in [0.25, 0.3) is 0 Å². The van der Waals surface area contributed by atoms with Gasteiger partial charge >= 0.3 is 5.97 Å². The molecule has 0 atom stereocenters. The maximum absolute atomic E-state index is 10.4. The smallest absolute Gasteiger partial charge is 0.303 e. The Morgan fingerprint density at radius 1 is 1.53 bits per heavy atom. The van der Waals surface area contributed by atoms with Crippen LogP contribution >= 0.6 is 11.6 Å². The lowest BCUT2D eigenvalue weighted by Crippen LogP contribution is -2.05. The van der Waals surface area contributed by atoms with Crippen LogP contribution in [0.15, 0.2) is 0 Å². The SMILES string of the molecule is CCCc1c(Cl)nc(CCC(=O)O)n1C. The Labute approximate surface area is 93.9 Å². The van der Waals surface area contributed by atoms with Crippen LogP contribution in [0.2, 0.25) is 5.15 Å². The summed E-state index contributed by atoms with van der Waals surface area (Å²) < 4.78 is 1.90. The summed E-state index contributed by atoms with van der Waals surface area (Å²) in [6.45, 7) is 2.07. The number of carbonyl (C=O) groups is 1. The predicted molar refractivity (Wildman–Crippen MR) is 58.2 cm³/mol. The Morgan fingerprint density at radius 2 is 2.20 bits per heavy atom. The lowest BCUT2D eigenvalue weighted by atomic mass is 10.2. The summed E-state index contributed by atoms with van der Waals surface area (Å²) in [5.74, 6) is -0.0722. The molecule has 0 aliphatic heterocycles. The van der Waals surface area contributed by atoms with Gasteiger partial charge in [0.1, 0.15) is 5.82 Å². The summed E-state index contributed by atoms with van der Waals surface area (Å²) in [7, 11) is 1.88. The molecule has 1 heterocycles. The molecule has 0 aliphatic rings. The van der Waals surface area contributed by atoms with Crippen molar-refractivity contribution in [2.75, 3.05) is 0 Å². The largest absolute Gasteiger partial charge is 0.481 e. The molecule has 0 unspecified atom stereocenters. The summed E-state index contributed by atoms with van der Waals surface area (Å²) in [5, 5.41) is 9.07. The summed E-state index contributed by atoms with van der Waals surface area (Å²) in [6, 6.07) is 0. The molecule has 0 amide bonds. The molecule has 0 aliphatic carbocycles. The third-order valence-corrected chi connectivity index (χ3v) is 2.61. The lowest BCUT2D eigenvalue weighted by Gasteiger charge is -2.03. The zero-order valence-electron chi connectivity index (χ0n) is 8.96. The van der Waals surface area contributed by atoms with E-state index in [-0.39, 0.29) is 6.42 Å². The molecule has 1 aromatic rings. The summed E-state index contributed by atoms with van der Waals surface area (Å²) in [5.41, 5.74) is 0.986. The summed E-state index contributed by atoms with van der Waals surface area (Å²) in [6.07, 6.45) is 2.38. The first kappa shape index (κ1) is 12.0. The molecular weight excluding hydrogens is 216 g/mol. The van der Waals surface area contributed by atoms with E-state index in [4.69, 9.17) is 16.7 Å². The molecule has 84 valence electrons. The maximum Gasteiger partial charge on any atom is 0.303 e. The van der Waals surface area contributed by atoms with Crippen molar-refractivity contribution in [3.8, 4) is 0 Å². The molecule has 0 aromatic carbocycles.